The first-order chi connectivity index (χ1) is 6.89. The van der Waals surface area contributed by atoms with Gasteiger partial charge in [0.15, 0.2) is 5.85 Å². The van der Waals surface area contributed by atoms with Crippen molar-refractivity contribution in [2.75, 3.05) is 13.2 Å². The lowest BCUT2D eigenvalue weighted by molar-refractivity contribution is -0.122. The van der Waals surface area contributed by atoms with Crippen LogP contribution in [-0.4, -0.2) is 29.9 Å². The fraction of sp³-hybridized carbons (Fsp3) is 0.889. The highest BCUT2D eigenvalue weighted by Gasteiger charge is 2.39. The van der Waals surface area contributed by atoms with Crippen molar-refractivity contribution in [3.63, 3.8) is 0 Å². The Morgan fingerprint density at radius 2 is 1.73 bits per heavy atom. The van der Waals surface area contributed by atoms with Gasteiger partial charge in [-0.15, -0.1) is 0 Å². The average Bonchev–Trinajstić information content (AvgIpc) is 2.16. The van der Waals surface area contributed by atoms with Gasteiger partial charge in [0, 0.05) is 0 Å². The molecule has 15 heavy (non-hydrogen) atoms. The van der Waals surface area contributed by atoms with Gasteiger partial charge >= 0.3 is 7.60 Å². The van der Waals surface area contributed by atoms with Gasteiger partial charge in [0.2, 0.25) is 0 Å². The summed E-state index contributed by atoms with van der Waals surface area (Å²) >= 11 is 0. The zero-order valence-electron chi connectivity index (χ0n) is 9.60. The number of carbonyl (C=O) groups excluding carboxylic acids is 1. The highest BCUT2D eigenvalue weighted by molar-refractivity contribution is 7.54. The Morgan fingerprint density at radius 3 is 2.00 bits per heavy atom. The first-order valence-electron chi connectivity index (χ1n) is 4.96. The molecule has 0 amide bonds. The summed E-state index contributed by atoms with van der Waals surface area (Å²) in [5.74, 6) is -2.40. The third-order valence-corrected chi connectivity index (χ3v) is 4.36. The molecule has 0 bridgehead atoms. The standard InChI is InChI=1S/C9H19O5P/c1-5-13-15(12,14-6-2)9(11)7(3)8(4)10/h7,9,11H,5-6H2,1-4H3/t7?,9-/m0/s1. The topological polar surface area (TPSA) is 72.8 Å². The molecule has 0 fully saturated rings. The van der Waals surface area contributed by atoms with Gasteiger partial charge in [0.05, 0.1) is 19.1 Å². The molecule has 0 radical (unpaired) electrons. The van der Waals surface area contributed by atoms with Gasteiger partial charge < -0.3 is 14.2 Å². The average molecular weight is 238 g/mol. The zero-order chi connectivity index (χ0) is 12.1. The van der Waals surface area contributed by atoms with Crippen LogP contribution in [0.3, 0.4) is 0 Å². The van der Waals surface area contributed by atoms with Crippen molar-refractivity contribution in [1.82, 2.24) is 0 Å². The molecule has 1 N–H and O–H groups in total. The van der Waals surface area contributed by atoms with Crippen LogP contribution in [0.2, 0.25) is 0 Å². The van der Waals surface area contributed by atoms with Crippen LogP contribution in [0.15, 0.2) is 0 Å². The SMILES string of the molecule is CCOP(=O)(OCC)[C@H](O)C(C)C(C)=O. The fourth-order valence-electron chi connectivity index (χ4n) is 1.03. The fourth-order valence-corrected chi connectivity index (χ4v) is 2.89. The van der Waals surface area contributed by atoms with Crippen LogP contribution in [0.25, 0.3) is 0 Å². The zero-order valence-corrected chi connectivity index (χ0v) is 10.5. The van der Waals surface area contributed by atoms with Crippen LogP contribution in [0.5, 0.6) is 0 Å². The first kappa shape index (κ1) is 14.8. The summed E-state index contributed by atoms with van der Waals surface area (Å²) in [7, 11) is -3.59. The number of ketones is 1. The van der Waals surface area contributed by atoms with E-state index in [1.165, 1.54) is 13.8 Å². The van der Waals surface area contributed by atoms with E-state index in [1.807, 2.05) is 0 Å². The molecule has 0 rings (SSSR count). The largest absolute Gasteiger partial charge is 0.380 e. The molecule has 6 heteroatoms. The minimum atomic E-state index is -3.59. The molecule has 0 aromatic carbocycles. The second-order valence-electron chi connectivity index (χ2n) is 3.19. The summed E-state index contributed by atoms with van der Waals surface area (Å²) < 4.78 is 21.9. The Hall–Kier alpha value is -0.220. The van der Waals surface area contributed by atoms with Gasteiger partial charge in [0.25, 0.3) is 0 Å². The Kier molecular flexibility index (Phi) is 6.29. The molecule has 0 aromatic rings. The van der Waals surface area contributed by atoms with Crippen molar-refractivity contribution < 1.29 is 23.5 Å². The number of aliphatic hydroxyl groups excluding tert-OH is 1. The van der Waals surface area contributed by atoms with E-state index in [4.69, 9.17) is 9.05 Å². The molecule has 0 spiro atoms. The lowest BCUT2D eigenvalue weighted by Gasteiger charge is -2.25. The number of Topliss-reactive ketones (excluding diaryl/α,β-unsaturated/α-hetero) is 1. The summed E-state index contributed by atoms with van der Waals surface area (Å²) in [6.07, 6.45) is 0. The molecule has 90 valence electrons. The van der Waals surface area contributed by atoms with E-state index in [-0.39, 0.29) is 19.0 Å². The van der Waals surface area contributed by atoms with Crippen molar-refractivity contribution in [1.29, 1.82) is 0 Å². The summed E-state index contributed by atoms with van der Waals surface area (Å²) in [6.45, 7) is 6.46. The van der Waals surface area contributed by atoms with Crippen molar-refractivity contribution in [3.8, 4) is 0 Å². The lowest BCUT2D eigenvalue weighted by atomic mass is 10.1. The van der Waals surface area contributed by atoms with E-state index in [0.717, 1.165) is 0 Å². The summed E-state index contributed by atoms with van der Waals surface area (Å²) in [6, 6.07) is 0. The minimum absolute atomic E-state index is 0.166. The van der Waals surface area contributed by atoms with E-state index in [2.05, 4.69) is 0 Å². The van der Waals surface area contributed by atoms with Crippen LogP contribution in [0, 0.1) is 5.92 Å². The Morgan fingerprint density at radius 1 is 1.33 bits per heavy atom. The molecule has 0 aromatic heterocycles. The van der Waals surface area contributed by atoms with Gasteiger partial charge in [-0.05, 0) is 20.8 Å². The predicted molar refractivity (Wildman–Crippen MR) is 56.7 cm³/mol. The van der Waals surface area contributed by atoms with E-state index < -0.39 is 19.4 Å². The van der Waals surface area contributed by atoms with Gasteiger partial charge in [-0.3, -0.25) is 9.36 Å². The highest BCUT2D eigenvalue weighted by Crippen LogP contribution is 2.54. The predicted octanol–water partition coefficient (Wildman–Crippen LogP) is 1.80. The second kappa shape index (κ2) is 6.38. The van der Waals surface area contributed by atoms with Crippen LogP contribution >= 0.6 is 7.60 Å². The summed E-state index contributed by atoms with van der Waals surface area (Å²) in [5, 5.41) is 9.74. The Balaban J connectivity index is 4.75. The van der Waals surface area contributed by atoms with Crippen molar-refractivity contribution >= 4 is 13.4 Å². The van der Waals surface area contributed by atoms with Crippen molar-refractivity contribution in [2.24, 2.45) is 5.92 Å². The first-order valence-corrected chi connectivity index (χ1v) is 6.57. The molecule has 1 unspecified atom stereocenters. The van der Waals surface area contributed by atoms with E-state index in [0.29, 0.717) is 0 Å². The second-order valence-corrected chi connectivity index (χ2v) is 5.31. The van der Waals surface area contributed by atoms with E-state index >= 15 is 0 Å². The third kappa shape index (κ3) is 4.03. The number of hydrogen-bond acceptors (Lipinski definition) is 5. The molecule has 0 aliphatic rings. The molecule has 0 heterocycles. The number of rotatable bonds is 7. The normalized spacial score (nSPS) is 16.1. The number of hydrogen-bond donors (Lipinski definition) is 1. The maximum Gasteiger partial charge on any atom is 0.359 e. The Bertz CT molecular complexity index is 243. The molecule has 0 aliphatic carbocycles. The molecule has 2 atom stereocenters. The quantitative estimate of drug-likeness (QED) is 0.684. The molecule has 0 aliphatic heterocycles. The van der Waals surface area contributed by atoms with Gasteiger partial charge in [0.1, 0.15) is 5.78 Å². The minimum Gasteiger partial charge on any atom is -0.380 e. The van der Waals surface area contributed by atoms with Gasteiger partial charge in [-0.25, -0.2) is 0 Å². The maximum atomic E-state index is 12.0. The van der Waals surface area contributed by atoms with E-state index in [9.17, 15) is 14.5 Å². The lowest BCUT2D eigenvalue weighted by Crippen LogP contribution is -2.25. The molecule has 0 saturated heterocycles. The molecule has 0 saturated carbocycles. The van der Waals surface area contributed by atoms with Crippen LogP contribution in [0.4, 0.5) is 0 Å². The Labute approximate surface area is 90.3 Å². The van der Waals surface area contributed by atoms with Gasteiger partial charge in [-0.1, -0.05) is 6.92 Å². The third-order valence-electron chi connectivity index (χ3n) is 2.03. The highest BCUT2D eigenvalue weighted by atomic mass is 31.2. The molecular formula is C9H19O5P. The number of aliphatic hydroxyl groups is 1. The summed E-state index contributed by atoms with van der Waals surface area (Å²) in [4.78, 5) is 11.0. The van der Waals surface area contributed by atoms with Gasteiger partial charge in [-0.2, -0.15) is 0 Å². The van der Waals surface area contributed by atoms with E-state index in [1.54, 1.807) is 13.8 Å². The summed E-state index contributed by atoms with van der Waals surface area (Å²) in [5.41, 5.74) is 0. The maximum absolute atomic E-state index is 12.0. The monoisotopic (exact) mass is 238 g/mol. The van der Waals surface area contributed by atoms with Crippen molar-refractivity contribution in [2.45, 2.75) is 33.5 Å². The van der Waals surface area contributed by atoms with Crippen LogP contribution in [0.1, 0.15) is 27.7 Å². The van der Waals surface area contributed by atoms with Crippen LogP contribution in [-0.2, 0) is 18.4 Å². The number of carbonyl (C=O) groups is 1. The molecular weight excluding hydrogens is 219 g/mol. The molecule has 5 nitrogen and oxygen atoms in total. The van der Waals surface area contributed by atoms with Crippen molar-refractivity contribution in [3.05, 3.63) is 0 Å². The smallest absolute Gasteiger partial charge is 0.359 e. The van der Waals surface area contributed by atoms with Crippen LogP contribution < -0.4 is 0 Å².